The van der Waals surface area contributed by atoms with E-state index in [2.05, 4.69) is 0 Å². The van der Waals surface area contributed by atoms with Crippen molar-refractivity contribution >= 4 is 16.8 Å². The first-order chi connectivity index (χ1) is 9.49. The lowest BCUT2D eigenvalue weighted by Crippen LogP contribution is -2.06. The summed E-state index contributed by atoms with van der Waals surface area (Å²) in [7, 11) is -1.49. The number of rotatable bonds is 4. The standard InChI is InChI=1S/C15H13FO3S/c1-10-8-12(16)7-6-11(10)9-20(19)14-5-3-2-4-13(14)15(17)18/h2-8H,9H2,1H3,(H,17,18). The number of halogens is 1. The lowest BCUT2D eigenvalue weighted by molar-refractivity contribution is 0.0693. The van der Waals surface area contributed by atoms with Crippen LogP contribution in [0.1, 0.15) is 21.5 Å². The molecule has 0 aromatic heterocycles. The van der Waals surface area contributed by atoms with Gasteiger partial charge in [0.2, 0.25) is 0 Å². The summed E-state index contributed by atoms with van der Waals surface area (Å²) >= 11 is 0. The van der Waals surface area contributed by atoms with Crippen LogP contribution in [0.25, 0.3) is 0 Å². The average Bonchev–Trinajstić information content (AvgIpc) is 2.41. The average molecular weight is 292 g/mol. The van der Waals surface area contributed by atoms with Crippen LogP contribution >= 0.6 is 0 Å². The van der Waals surface area contributed by atoms with Crippen LogP contribution < -0.4 is 0 Å². The van der Waals surface area contributed by atoms with Gasteiger partial charge in [-0.05, 0) is 42.3 Å². The molecule has 2 aromatic rings. The van der Waals surface area contributed by atoms with Gasteiger partial charge in [0.05, 0.1) is 27.0 Å². The van der Waals surface area contributed by atoms with Gasteiger partial charge in [-0.25, -0.2) is 9.18 Å². The van der Waals surface area contributed by atoms with Crippen molar-refractivity contribution in [3.8, 4) is 0 Å². The molecular formula is C15H13FO3S. The van der Waals surface area contributed by atoms with Crippen LogP contribution in [0.15, 0.2) is 47.4 Å². The van der Waals surface area contributed by atoms with Crippen molar-refractivity contribution in [1.29, 1.82) is 0 Å². The molecule has 0 saturated heterocycles. The van der Waals surface area contributed by atoms with Crippen molar-refractivity contribution in [2.24, 2.45) is 0 Å². The number of benzene rings is 2. The van der Waals surface area contributed by atoms with Crippen LogP contribution in [0, 0.1) is 12.7 Å². The number of carbonyl (C=O) groups is 1. The number of carboxylic acid groups (broad SMARTS) is 1. The highest BCUT2D eigenvalue weighted by Crippen LogP contribution is 2.19. The SMILES string of the molecule is Cc1cc(F)ccc1CS(=O)c1ccccc1C(=O)O. The van der Waals surface area contributed by atoms with Crippen molar-refractivity contribution < 1.29 is 18.5 Å². The Morgan fingerprint density at radius 3 is 2.60 bits per heavy atom. The number of aromatic carboxylic acids is 1. The minimum Gasteiger partial charge on any atom is -0.478 e. The van der Waals surface area contributed by atoms with E-state index in [-0.39, 0.29) is 22.0 Å². The van der Waals surface area contributed by atoms with E-state index >= 15 is 0 Å². The molecule has 1 unspecified atom stereocenters. The smallest absolute Gasteiger partial charge is 0.336 e. The van der Waals surface area contributed by atoms with Crippen molar-refractivity contribution in [1.82, 2.24) is 0 Å². The molecule has 0 radical (unpaired) electrons. The summed E-state index contributed by atoms with van der Waals surface area (Å²) in [5, 5.41) is 9.09. The topological polar surface area (TPSA) is 54.4 Å². The molecule has 0 saturated carbocycles. The lowest BCUT2D eigenvalue weighted by atomic mass is 10.1. The first-order valence-corrected chi connectivity index (χ1v) is 7.26. The quantitative estimate of drug-likeness (QED) is 0.942. The molecule has 0 spiro atoms. The van der Waals surface area contributed by atoms with Crippen LogP contribution in [0.3, 0.4) is 0 Å². The van der Waals surface area contributed by atoms with E-state index in [1.165, 1.54) is 18.2 Å². The monoisotopic (exact) mass is 292 g/mol. The largest absolute Gasteiger partial charge is 0.478 e. The van der Waals surface area contributed by atoms with Crippen LogP contribution in [-0.4, -0.2) is 15.3 Å². The van der Waals surface area contributed by atoms with Crippen LogP contribution in [0.5, 0.6) is 0 Å². The molecule has 2 aromatic carbocycles. The predicted molar refractivity (Wildman–Crippen MR) is 74.7 cm³/mol. The predicted octanol–water partition coefficient (Wildman–Crippen LogP) is 3.14. The fraction of sp³-hybridized carbons (Fsp3) is 0.133. The first-order valence-electron chi connectivity index (χ1n) is 5.95. The summed E-state index contributed by atoms with van der Waals surface area (Å²) in [5.74, 6) is -1.29. The molecule has 1 atom stereocenters. The van der Waals surface area contributed by atoms with Crippen molar-refractivity contribution in [3.05, 3.63) is 65.0 Å². The zero-order valence-corrected chi connectivity index (χ0v) is 11.6. The normalized spacial score (nSPS) is 12.1. The Balaban J connectivity index is 2.31. The highest BCUT2D eigenvalue weighted by atomic mass is 32.2. The molecule has 0 heterocycles. The van der Waals surface area contributed by atoms with E-state index in [1.807, 2.05) is 0 Å². The van der Waals surface area contributed by atoms with E-state index in [4.69, 9.17) is 5.11 Å². The Morgan fingerprint density at radius 2 is 1.95 bits per heavy atom. The van der Waals surface area contributed by atoms with Gasteiger partial charge in [-0.1, -0.05) is 18.2 Å². The lowest BCUT2D eigenvalue weighted by Gasteiger charge is -2.08. The zero-order chi connectivity index (χ0) is 14.7. The van der Waals surface area contributed by atoms with Gasteiger partial charge in [-0.2, -0.15) is 0 Å². The molecule has 3 nitrogen and oxygen atoms in total. The molecule has 0 aliphatic carbocycles. The summed E-state index contributed by atoms with van der Waals surface area (Å²) in [5.41, 5.74) is 1.47. The van der Waals surface area contributed by atoms with Crippen LogP contribution in [-0.2, 0) is 16.6 Å². The minimum absolute atomic E-state index is 0.0330. The fourth-order valence-corrected chi connectivity index (χ4v) is 3.27. The van der Waals surface area contributed by atoms with Crippen molar-refractivity contribution in [2.75, 3.05) is 0 Å². The van der Waals surface area contributed by atoms with Crippen LogP contribution in [0.4, 0.5) is 4.39 Å². The second-order valence-electron chi connectivity index (χ2n) is 4.36. The number of aryl methyl sites for hydroxylation is 1. The molecule has 0 aliphatic rings. The molecule has 5 heteroatoms. The molecule has 0 bridgehead atoms. The van der Waals surface area contributed by atoms with E-state index in [0.29, 0.717) is 5.56 Å². The number of hydrogen-bond acceptors (Lipinski definition) is 2. The molecule has 0 aliphatic heterocycles. The van der Waals surface area contributed by atoms with Crippen molar-refractivity contribution in [3.63, 3.8) is 0 Å². The highest BCUT2D eigenvalue weighted by Gasteiger charge is 2.15. The van der Waals surface area contributed by atoms with Gasteiger partial charge >= 0.3 is 5.97 Å². The van der Waals surface area contributed by atoms with E-state index in [0.717, 1.165) is 5.56 Å². The van der Waals surface area contributed by atoms with Crippen molar-refractivity contribution in [2.45, 2.75) is 17.6 Å². The van der Waals surface area contributed by atoms with Gasteiger partial charge in [0, 0.05) is 0 Å². The second-order valence-corrected chi connectivity index (χ2v) is 5.78. The molecule has 1 N–H and O–H groups in total. The third-order valence-electron chi connectivity index (χ3n) is 2.95. The van der Waals surface area contributed by atoms with Gasteiger partial charge in [-0.15, -0.1) is 0 Å². The van der Waals surface area contributed by atoms with E-state index in [9.17, 15) is 13.4 Å². The summed E-state index contributed by atoms with van der Waals surface area (Å²) in [4.78, 5) is 11.4. The van der Waals surface area contributed by atoms with Gasteiger partial charge in [0.15, 0.2) is 0 Å². The Morgan fingerprint density at radius 1 is 1.25 bits per heavy atom. The minimum atomic E-state index is -1.49. The number of hydrogen-bond donors (Lipinski definition) is 1. The van der Waals surface area contributed by atoms with Gasteiger partial charge in [-0.3, -0.25) is 4.21 Å². The Bertz CT molecular complexity index is 683. The summed E-state index contributed by atoms with van der Waals surface area (Å²) < 4.78 is 25.4. The molecular weight excluding hydrogens is 279 g/mol. The van der Waals surface area contributed by atoms with Gasteiger partial charge in [0.1, 0.15) is 5.82 Å². The first kappa shape index (κ1) is 14.4. The maximum atomic E-state index is 13.0. The zero-order valence-electron chi connectivity index (χ0n) is 10.8. The molecule has 0 fully saturated rings. The van der Waals surface area contributed by atoms with E-state index in [1.54, 1.807) is 31.2 Å². The van der Waals surface area contributed by atoms with Crippen LogP contribution in [0.2, 0.25) is 0 Å². The van der Waals surface area contributed by atoms with E-state index < -0.39 is 16.8 Å². The molecule has 20 heavy (non-hydrogen) atoms. The summed E-state index contributed by atoms with van der Waals surface area (Å²) in [6.45, 7) is 1.73. The Labute approximate surface area is 118 Å². The summed E-state index contributed by atoms with van der Waals surface area (Å²) in [6.07, 6.45) is 0. The molecule has 104 valence electrons. The second kappa shape index (κ2) is 5.96. The van der Waals surface area contributed by atoms with Gasteiger partial charge < -0.3 is 5.11 Å². The Hall–Kier alpha value is -2.01. The van der Waals surface area contributed by atoms with Gasteiger partial charge in [0.25, 0.3) is 0 Å². The highest BCUT2D eigenvalue weighted by molar-refractivity contribution is 7.84. The Kier molecular flexibility index (Phi) is 4.29. The third-order valence-corrected chi connectivity index (χ3v) is 4.37. The summed E-state index contributed by atoms with van der Waals surface area (Å²) in [6, 6.07) is 10.5. The molecule has 2 rings (SSSR count). The number of carboxylic acids is 1. The fourth-order valence-electron chi connectivity index (χ4n) is 1.88. The maximum Gasteiger partial charge on any atom is 0.336 e. The molecule has 0 amide bonds. The third kappa shape index (κ3) is 3.11. The maximum absolute atomic E-state index is 13.0.